The minimum absolute atomic E-state index is 0.0347. The lowest BCUT2D eigenvalue weighted by Crippen LogP contribution is -2.36. The van der Waals surface area contributed by atoms with Gasteiger partial charge in [0.1, 0.15) is 0 Å². The molecule has 0 radical (unpaired) electrons. The molecule has 6 heteroatoms. The molecule has 0 aliphatic carbocycles. The SMILES string of the molecule is CCc1ccc(CO)cc1S(=O)(=O)NC1CCN(C)C1. The van der Waals surface area contributed by atoms with Crippen LogP contribution in [0.1, 0.15) is 24.5 Å². The minimum Gasteiger partial charge on any atom is -0.392 e. The number of benzene rings is 1. The second-order valence-electron chi connectivity index (χ2n) is 5.32. The van der Waals surface area contributed by atoms with Crippen LogP contribution in [0.5, 0.6) is 0 Å². The van der Waals surface area contributed by atoms with Crippen LogP contribution in [0.25, 0.3) is 0 Å². The largest absolute Gasteiger partial charge is 0.392 e. The van der Waals surface area contributed by atoms with Gasteiger partial charge in [0.05, 0.1) is 11.5 Å². The molecule has 0 saturated carbocycles. The number of sulfonamides is 1. The third kappa shape index (κ3) is 3.38. The predicted octanol–water partition coefficient (Wildman–Crippen LogP) is 0.724. The molecule has 0 aromatic heterocycles. The van der Waals surface area contributed by atoms with Gasteiger partial charge in [-0.15, -0.1) is 0 Å². The Morgan fingerprint density at radius 2 is 2.20 bits per heavy atom. The summed E-state index contributed by atoms with van der Waals surface area (Å²) >= 11 is 0. The zero-order valence-corrected chi connectivity index (χ0v) is 12.8. The molecule has 1 aromatic rings. The zero-order chi connectivity index (χ0) is 14.8. The number of likely N-dealkylation sites (N-methyl/N-ethyl adjacent to an activating group) is 1. The first-order valence-electron chi connectivity index (χ1n) is 6.89. The number of rotatable bonds is 5. The summed E-state index contributed by atoms with van der Waals surface area (Å²) in [5.74, 6) is 0. The van der Waals surface area contributed by atoms with Gasteiger partial charge in [-0.2, -0.15) is 0 Å². The summed E-state index contributed by atoms with van der Waals surface area (Å²) in [7, 11) is -1.55. The van der Waals surface area contributed by atoms with Gasteiger partial charge in [-0.05, 0) is 43.6 Å². The van der Waals surface area contributed by atoms with Crippen LogP contribution in [0.3, 0.4) is 0 Å². The number of aliphatic hydroxyl groups excluding tert-OH is 1. The first-order valence-corrected chi connectivity index (χ1v) is 8.38. The standard InChI is InChI=1S/C14H22N2O3S/c1-3-12-5-4-11(10-17)8-14(12)20(18,19)15-13-6-7-16(2)9-13/h4-5,8,13,15,17H,3,6-7,9-10H2,1-2H3. The summed E-state index contributed by atoms with van der Waals surface area (Å²) in [4.78, 5) is 2.40. The molecule has 2 rings (SSSR count). The number of likely N-dealkylation sites (tertiary alicyclic amines) is 1. The summed E-state index contributed by atoms with van der Waals surface area (Å²) in [5, 5.41) is 9.19. The van der Waals surface area contributed by atoms with Crippen LogP contribution >= 0.6 is 0 Å². The van der Waals surface area contributed by atoms with Crippen LogP contribution < -0.4 is 4.72 Å². The van der Waals surface area contributed by atoms with E-state index in [0.29, 0.717) is 16.9 Å². The lowest BCUT2D eigenvalue weighted by molar-refractivity contribution is 0.281. The lowest BCUT2D eigenvalue weighted by atomic mass is 10.1. The fraction of sp³-hybridized carbons (Fsp3) is 0.571. The topological polar surface area (TPSA) is 69.6 Å². The Morgan fingerprint density at radius 3 is 2.75 bits per heavy atom. The van der Waals surface area contributed by atoms with Gasteiger partial charge in [-0.3, -0.25) is 0 Å². The number of aryl methyl sites for hydroxylation is 1. The van der Waals surface area contributed by atoms with Crippen LogP contribution in [0.15, 0.2) is 23.1 Å². The van der Waals surface area contributed by atoms with E-state index in [1.54, 1.807) is 18.2 Å². The van der Waals surface area contributed by atoms with Gasteiger partial charge in [-0.1, -0.05) is 19.1 Å². The summed E-state index contributed by atoms with van der Waals surface area (Å²) < 4.78 is 27.8. The summed E-state index contributed by atoms with van der Waals surface area (Å²) in [6.45, 7) is 3.42. The summed E-state index contributed by atoms with van der Waals surface area (Å²) in [6, 6.07) is 5.08. The number of aliphatic hydroxyl groups is 1. The van der Waals surface area contributed by atoms with Crippen molar-refractivity contribution in [3.63, 3.8) is 0 Å². The maximum Gasteiger partial charge on any atom is 0.241 e. The van der Waals surface area contributed by atoms with Gasteiger partial charge >= 0.3 is 0 Å². The molecule has 0 amide bonds. The van der Waals surface area contributed by atoms with Crippen molar-refractivity contribution in [3.05, 3.63) is 29.3 Å². The Balaban J connectivity index is 2.28. The molecule has 1 aliphatic heterocycles. The molecule has 1 aliphatic rings. The highest BCUT2D eigenvalue weighted by atomic mass is 32.2. The smallest absolute Gasteiger partial charge is 0.241 e. The molecular weight excluding hydrogens is 276 g/mol. The molecular formula is C14H22N2O3S. The summed E-state index contributed by atoms with van der Waals surface area (Å²) in [6.07, 6.45) is 1.48. The second-order valence-corrected chi connectivity index (χ2v) is 7.01. The summed E-state index contributed by atoms with van der Waals surface area (Å²) in [5.41, 5.74) is 1.40. The molecule has 0 bridgehead atoms. The molecule has 1 fully saturated rings. The molecule has 1 atom stereocenters. The van der Waals surface area contributed by atoms with E-state index in [9.17, 15) is 13.5 Å². The average molecular weight is 298 g/mol. The van der Waals surface area contributed by atoms with E-state index >= 15 is 0 Å². The molecule has 5 nitrogen and oxygen atoms in total. The van der Waals surface area contributed by atoms with Crippen molar-refractivity contribution in [1.82, 2.24) is 9.62 Å². The number of hydrogen-bond acceptors (Lipinski definition) is 4. The van der Waals surface area contributed by atoms with E-state index < -0.39 is 10.0 Å². The Hall–Kier alpha value is -0.950. The van der Waals surface area contributed by atoms with Crippen molar-refractivity contribution in [2.45, 2.75) is 37.3 Å². The monoisotopic (exact) mass is 298 g/mol. The van der Waals surface area contributed by atoms with Crippen LogP contribution in [0.4, 0.5) is 0 Å². The second kappa shape index (κ2) is 6.22. The van der Waals surface area contributed by atoms with Crippen molar-refractivity contribution in [1.29, 1.82) is 0 Å². The quantitative estimate of drug-likeness (QED) is 0.840. The van der Waals surface area contributed by atoms with Gasteiger partial charge in [0.15, 0.2) is 0 Å². The van der Waals surface area contributed by atoms with E-state index in [2.05, 4.69) is 9.62 Å². The Kier molecular flexibility index (Phi) is 4.80. The number of nitrogens with one attached hydrogen (secondary N) is 1. The Morgan fingerprint density at radius 1 is 1.45 bits per heavy atom. The fourth-order valence-electron chi connectivity index (χ4n) is 2.55. The molecule has 1 heterocycles. The van der Waals surface area contributed by atoms with Gasteiger partial charge in [0.25, 0.3) is 0 Å². The van der Waals surface area contributed by atoms with Crippen LogP contribution in [0, 0.1) is 0 Å². The van der Waals surface area contributed by atoms with Crippen molar-refractivity contribution in [2.75, 3.05) is 20.1 Å². The molecule has 1 aromatic carbocycles. The number of hydrogen-bond donors (Lipinski definition) is 2. The van der Waals surface area contributed by atoms with Gasteiger partial charge in [-0.25, -0.2) is 13.1 Å². The normalized spacial score (nSPS) is 20.4. The average Bonchev–Trinajstić information content (AvgIpc) is 2.82. The maximum atomic E-state index is 12.5. The van der Waals surface area contributed by atoms with Gasteiger partial charge < -0.3 is 10.0 Å². The van der Waals surface area contributed by atoms with E-state index in [1.807, 2.05) is 14.0 Å². The van der Waals surface area contributed by atoms with Crippen LogP contribution in [0.2, 0.25) is 0 Å². The van der Waals surface area contributed by atoms with E-state index in [0.717, 1.165) is 25.1 Å². The van der Waals surface area contributed by atoms with E-state index in [-0.39, 0.29) is 12.6 Å². The maximum absolute atomic E-state index is 12.5. The molecule has 0 spiro atoms. The highest BCUT2D eigenvalue weighted by Gasteiger charge is 2.26. The highest BCUT2D eigenvalue weighted by molar-refractivity contribution is 7.89. The van der Waals surface area contributed by atoms with Gasteiger partial charge in [0, 0.05) is 12.6 Å². The zero-order valence-electron chi connectivity index (χ0n) is 12.0. The minimum atomic E-state index is -3.53. The van der Waals surface area contributed by atoms with Crippen molar-refractivity contribution >= 4 is 10.0 Å². The third-order valence-corrected chi connectivity index (χ3v) is 5.30. The third-order valence-electron chi connectivity index (χ3n) is 3.70. The molecule has 1 saturated heterocycles. The first kappa shape index (κ1) is 15.4. The van der Waals surface area contributed by atoms with Crippen molar-refractivity contribution < 1.29 is 13.5 Å². The van der Waals surface area contributed by atoms with Crippen LogP contribution in [-0.4, -0.2) is 44.6 Å². The van der Waals surface area contributed by atoms with E-state index in [1.165, 1.54) is 0 Å². The molecule has 112 valence electrons. The van der Waals surface area contributed by atoms with Crippen molar-refractivity contribution in [2.24, 2.45) is 0 Å². The lowest BCUT2D eigenvalue weighted by Gasteiger charge is -2.16. The van der Waals surface area contributed by atoms with Crippen molar-refractivity contribution in [3.8, 4) is 0 Å². The Labute approximate surface area is 120 Å². The molecule has 2 N–H and O–H groups in total. The van der Waals surface area contributed by atoms with Crippen LogP contribution in [-0.2, 0) is 23.1 Å². The van der Waals surface area contributed by atoms with E-state index in [4.69, 9.17) is 0 Å². The predicted molar refractivity (Wildman–Crippen MR) is 78.0 cm³/mol. The first-order chi connectivity index (χ1) is 9.46. The van der Waals surface area contributed by atoms with Gasteiger partial charge in [0.2, 0.25) is 10.0 Å². The highest BCUT2D eigenvalue weighted by Crippen LogP contribution is 2.20. The number of nitrogens with zero attached hydrogens (tertiary/aromatic N) is 1. The molecule has 1 unspecified atom stereocenters. The fourth-order valence-corrected chi connectivity index (χ4v) is 4.18. The molecule has 20 heavy (non-hydrogen) atoms. The Bertz CT molecular complexity index is 572.